The first-order valence-electron chi connectivity index (χ1n) is 7.79. The van der Waals surface area contributed by atoms with Crippen molar-refractivity contribution in [3.05, 3.63) is 54.0 Å². The molecule has 0 atom stereocenters. The molecule has 1 aromatic carbocycles. The lowest BCUT2D eigenvalue weighted by Crippen LogP contribution is -2.36. The lowest BCUT2D eigenvalue weighted by Gasteiger charge is -2.27. The van der Waals surface area contributed by atoms with E-state index in [1.807, 2.05) is 12.1 Å². The fourth-order valence-corrected chi connectivity index (χ4v) is 2.59. The third-order valence-corrected chi connectivity index (χ3v) is 3.95. The maximum atomic E-state index is 12.9. The van der Waals surface area contributed by atoms with Crippen molar-refractivity contribution in [2.45, 2.75) is 6.54 Å². The molecule has 2 heterocycles. The second-order valence-corrected chi connectivity index (χ2v) is 5.85. The van der Waals surface area contributed by atoms with Crippen LogP contribution in [0.1, 0.15) is 5.56 Å². The maximum Gasteiger partial charge on any atom is 0.171 e. The molecule has 0 bridgehead atoms. The van der Waals surface area contributed by atoms with Crippen molar-refractivity contribution >= 4 is 28.8 Å². The molecular weight excluding hydrogens is 327 g/mol. The van der Waals surface area contributed by atoms with Crippen LogP contribution in [0.2, 0.25) is 0 Å². The number of thiocarbonyl (C=S) groups is 1. The number of anilines is 2. The monoisotopic (exact) mass is 346 g/mol. The average Bonchev–Trinajstić information content (AvgIpc) is 2.63. The lowest BCUT2D eigenvalue weighted by molar-refractivity contribution is 0.122. The van der Waals surface area contributed by atoms with Crippen LogP contribution >= 0.6 is 12.2 Å². The van der Waals surface area contributed by atoms with Gasteiger partial charge in [-0.25, -0.2) is 9.37 Å². The predicted octanol–water partition coefficient (Wildman–Crippen LogP) is 2.54. The largest absolute Gasteiger partial charge is 0.378 e. The summed E-state index contributed by atoms with van der Waals surface area (Å²) in [6, 6.07) is 10.2. The van der Waals surface area contributed by atoms with Crippen molar-refractivity contribution in [1.29, 1.82) is 0 Å². The van der Waals surface area contributed by atoms with Crippen molar-refractivity contribution < 1.29 is 9.13 Å². The Morgan fingerprint density at radius 2 is 1.92 bits per heavy atom. The highest BCUT2D eigenvalue weighted by Crippen LogP contribution is 2.15. The van der Waals surface area contributed by atoms with Crippen LogP contribution in [0, 0.1) is 5.82 Å². The topological polar surface area (TPSA) is 49.4 Å². The molecule has 7 heteroatoms. The lowest BCUT2D eigenvalue weighted by atomic mass is 10.2. The summed E-state index contributed by atoms with van der Waals surface area (Å²) in [5, 5.41) is 6.68. The van der Waals surface area contributed by atoms with Crippen molar-refractivity contribution in [2.24, 2.45) is 0 Å². The van der Waals surface area contributed by atoms with E-state index in [4.69, 9.17) is 17.0 Å². The molecule has 2 aromatic rings. The fraction of sp³-hybridized carbons (Fsp3) is 0.294. The number of nitrogens with one attached hydrogen (secondary N) is 2. The minimum atomic E-state index is -0.245. The van der Waals surface area contributed by atoms with Gasteiger partial charge in [-0.2, -0.15) is 0 Å². The Morgan fingerprint density at radius 1 is 1.17 bits per heavy atom. The van der Waals surface area contributed by atoms with Crippen LogP contribution in [0.5, 0.6) is 0 Å². The van der Waals surface area contributed by atoms with Crippen molar-refractivity contribution in [3.63, 3.8) is 0 Å². The number of benzene rings is 1. The summed E-state index contributed by atoms with van der Waals surface area (Å²) in [5.41, 5.74) is 1.78. The van der Waals surface area contributed by atoms with Crippen molar-refractivity contribution in [2.75, 3.05) is 36.5 Å². The first-order valence-corrected chi connectivity index (χ1v) is 8.19. The number of ether oxygens (including phenoxy) is 1. The number of nitrogens with zero attached hydrogens (tertiary/aromatic N) is 2. The van der Waals surface area contributed by atoms with Crippen LogP contribution in [-0.4, -0.2) is 36.4 Å². The van der Waals surface area contributed by atoms with Crippen LogP contribution in [0.3, 0.4) is 0 Å². The Labute approximate surface area is 145 Å². The zero-order valence-electron chi connectivity index (χ0n) is 13.2. The third-order valence-electron chi connectivity index (χ3n) is 3.71. The Morgan fingerprint density at radius 3 is 2.58 bits per heavy atom. The molecule has 0 amide bonds. The second-order valence-electron chi connectivity index (χ2n) is 5.44. The van der Waals surface area contributed by atoms with E-state index in [1.54, 1.807) is 18.3 Å². The number of morpholine rings is 1. The summed E-state index contributed by atoms with van der Waals surface area (Å²) < 4.78 is 18.2. The number of aromatic nitrogens is 1. The number of rotatable bonds is 4. The smallest absolute Gasteiger partial charge is 0.171 e. The number of halogens is 1. The molecule has 0 aliphatic carbocycles. The fourth-order valence-electron chi connectivity index (χ4n) is 2.40. The Balaban J connectivity index is 1.49. The summed E-state index contributed by atoms with van der Waals surface area (Å²) in [6.07, 6.45) is 1.76. The second kappa shape index (κ2) is 8.03. The summed E-state index contributed by atoms with van der Waals surface area (Å²) in [4.78, 5) is 6.66. The van der Waals surface area contributed by atoms with Gasteiger partial charge in [0.15, 0.2) is 5.11 Å². The number of hydrogen-bond donors (Lipinski definition) is 2. The molecule has 0 radical (unpaired) electrons. The summed E-state index contributed by atoms with van der Waals surface area (Å²) >= 11 is 5.27. The van der Waals surface area contributed by atoms with Gasteiger partial charge in [-0.3, -0.25) is 0 Å². The SMILES string of the molecule is Fc1ccc(CNC(=S)Nc2ccc(N3CCOCC3)nc2)cc1. The summed E-state index contributed by atoms with van der Waals surface area (Å²) in [6.45, 7) is 3.72. The molecule has 0 unspecified atom stereocenters. The molecule has 1 fully saturated rings. The van der Waals surface area contributed by atoms with E-state index >= 15 is 0 Å². The number of pyridine rings is 1. The normalized spacial score (nSPS) is 14.3. The molecule has 1 aromatic heterocycles. The number of hydrogen-bond acceptors (Lipinski definition) is 4. The van der Waals surface area contributed by atoms with Gasteiger partial charge in [-0.05, 0) is 42.0 Å². The van der Waals surface area contributed by atoms with Crippen LogP contribution in [0.4, 0.5) is 15.9 Å². The first kappa shape index (κ1) is 16.6. The van der Waals surface area contributed by atoms with E-state index in [-0.39, 0.29) is 5.82 Å². The van der Waals surface area contributed by atoms with E-state index in [0.717, 1.165) is 43.4 Å². The molecule has 1 aliphatic rings. The molecule has 1 saturated heterocycles. The van der Waals surface area contributed by atoms with Gasteiger partial charge in [-0.15, -0.1) is 0 Å². The van der Waals surface area contributed by atoms with Gasteiger partial charge in [0.1, 0.15) is 11.6 Å². The molecule has 5 nitrogen and oxygen atoms in total. The molecule has 0 saturated carbocycles. The summed E-state index contributed by atoms with van der Waals surface area (Å²) in [5.74, 6) is 0.694. The molecule has 3 rings (SSSR count). The van der Waals surface area contributed by atoms with Crippen LogP contribution in [-0.2, 0) is 11.3 Å². The first-order chi connectivity index (χ1) is 11.7. The molecule has 24 heavy (non-hydrogen) atoms. The minimum Gasteiger partial charge on any atom is -0.378 e. The molecule has 126 valence electrons. The van der Waals surface area contributed by atoms with E-state index in [0.29, 0.717) is 11.7 Å². The maximum absolute atomic E-state index is 12.9. The standard InChI is InChI=1S/C17H19FN4OS/c18-14-3-1-13(2-4-14)11-20-17(24)21-15-5-6-16(19-12-15)22-7-9-23-10-8-22/h1-6,12H,7-11H2,(H2,20,21,24). The van der Waals surface area contributed by atoms with E-state index in [9.17, 15) is 4.39 Å². The molecule has 1 aliphatic heterocycles. The third kappa shape index (κ3) is 4.62. The van der Waals surface area contributed by atoms with Gasteiger partial charge in [0.2, 0.25) is 0 Å². The van der Waals surface area contributed by atoms with Gasteiger partial charge in [-0.1, -0.05) is 12.1 Å². The van der Waals surface area contributed by atoms with Crippen LogP contribution in [0.25, 0.3) is 0 Å². The highest BCUT2D eigenvalue weighted by atomic mass is 32.1. The zero-order valence-corrected chi connectivity index (χ0v) is 14.0. The molecule has 2 N–H and O–H groups in total. The Hall–Kier alpha value is -2.25. The highest BCUT2D eigenvalue weighted by molar-refractivity contribution is 7.80. The van der Waals surface area contributed by atoms with Gasteiger partial charge in [0.05, 0.1) is 25.1 Å². The van der Waals surface area contributed by atoms with E-state index in [1.165, 1.54) is 12.1 Å². The highest BCUT2D eigenvalue weighted by Gasteiger charge is 2.12. The van der Waals surface area contributed by atoms with Gasteiger partial charge in [0.25, 0.3) is 0 Å². The zero-order chi connectivity index (χ0) is 16.8. The van der Waals surface area contributed by atoms with Gasteiger partial charge >= 0.3 is 0 Å². The Bertz CT molecular complexity index is 672. The minimum absolute atomic E-state index is 0.245. The van der Waals surface area contributed by atoms with Crippen LogP contribution < -0.4 is 15.5 Å². The Kier molecular flexibility index (Phi) is 5.55. The van der Waals surface area contributed by atoms with Crippen LogP contribution in [0.15, 0.2) is 42.6 Å². The van der Waals surface area contributed by atoms with E-state index < -0.39 is 0 Å². The average molecular weight is 346 g/mol. The predicted molar refractivity (Wildman–Crippen MR) is 96.7 cm³/mol. The van der Waals surface area contributed by atoms with Crippen molar-refractivity contribution in [3.8, 4) is 0 Å². The quantitative estimate of drug-likeness (QED) is 0.830. The van der Waals surface area contributed by atoms with Gasteiger partial charge < -0.3 is 20.3 Å². The van der Waals surface area contributed by atoms with E-state index in [2.05, 4.69) is 20.5 Å². The van der Waals surface area contributed by atoms with Gasteiger partial charge in [0, 0.05) is 19.6 Å². The van der Waals surface area contributed by atoms with Crippen molar-refractivity contribution in [1.82, 2.24) is 10.3 Å². The molecule has 0 spiro atoms. The summed E-state index contributed by atoms with van der Waals surface area (Å²) in [7, 11) is 0. The molecular formula is C17H19FN4OS.